The Bertz CT molecular complexity index is 335. The molecule has 6 heteroatoms. The summed E-state index contributed by atoms with van der Waals surface area (Å²) < 4.78 is 0. The number of rotatable bonds is 10. The van der Waals surface area contributed by atoms with Gasteiger partial charge in [0.2, 0.25) is 0 Å². The zero-order valence-corrected chi connectivity index (χ0v) is 24.0. The molecular formula is C21H51CoN3Si2+. The minimum atomic E-state index is -1.35. The monoisotopic (exact) mass is 460 g/mol. The summed E-state index contributed by atoms with van der Waals surface area (Å²) in [5.41, 5.74) is 0.296. The number of likely N-dealkylation sites (N-methyl/N-ethyl adjacent to an activating group) is 1. The Morgan fingerprint density at radius 3 is 1.26 bits per heavy atom. The first kappa shape index (κ1) is 32.5. The van der Waals surface area contributed by atoms with E-state index in [2.05, 4.69) is 98.8 Å². The van der Waals surface area contributed by atoms with Crippen molar-refractivity contribution in [3.05, 3.63) is 9.96 Å². The first-order chi connectivity index (χ1) is 11.6. The van der Waals surface area contributed by atoms with Gasteiger partial charge in [0.25, 0.3) is 0 Å². The van der Waals surface area contributed by atoms with Gasteiger partial charge in [-0.2, -0.15) is 0 Å². The van der Waals surface area contributed by atoms with Gasteiger partial charge in [-0.05, 0) is 19.6 Å². The molecular weight excluding hydrogens is 409 g/mol. The number of hydrogen-bond donors (Lipinski definition) is 0. The molecule has 166 valence electrons. The van der Waals surface area contributed by atoms with Crippen molar-refractivity contribution in [2.45, 2.75) is 118 Å². The van der Waals surface area contributed by atoms with Crippen molar-refractivity contribution in [2.75, 3.05) is 19.6 Å². The molecule has 3 nitrogen and oxygen atoms in total. The van der Waals surface area contributed by atoms with Crippen molar-refractivity contribution in [3.63, 3.8) is 0 Å². The van der Waals surface area contributed by atoms with Crippen LogP contribution >= 0.6 is 0 Å². The van der Waals surface area contributed by atoms with Gasteiger partial charge in [-0.25, -0.2) is 0 Å². The van der Waals surface area contributed by atoms with Crippen LogP contribution in [-0.2, 0) is 16.8 Å². The summed E-state index contributed by atoms with van der Waals surface area (Å²) in [6, 6.07) is 3.88. The largest absolute Gasteiger partial charge is 3.00 e. The van der Waals surface area contributed by atoms with Gasteiger partial charge in [0.1, 0.15) is 0 Å². The van der Waals surface area contributed by atoms with Gasteiger partial charge in [-0.15, -0.1) is 11.1 Å². The van der Waals surface area contributed by atoms with Crippen molar-refractivity contribution < 1.29 is 16.8 Å². The van der Waals surface area contributed by atoms with E-state index in [4.69, 9.17) is 4.98 Å². The first-order valence-electron chi connectivity index (χ1n) is 10.8. The molecule has 0 spiro atoms. The van der Waals surface area contributed by atoms with Gasteiger partial charge in [-0.3, -0.25) is 0 Å². The minimum absolute atomic E-state index is 0. The maximum absolute atomic E-state index is 5.33. The van der Waals surface area contributed by atoms with Gasteiger partial charge < -0.3 is 14.9 Å². The van der Waals surface area contributed by atoms with Crippen molar-refractivity contribution in [1.29, 1.82) is 0 Å². The molecule has 0 aliphatic carbocycles. The van der Waals surface area contributed by atoms with Crippen LogP contribution in [0.15, 0.2) is 0 Å². The Morgan fingerprint density at radius 1 is 0.704 bits per heavy atom. The van der Waals surface area contributed by atoms with Crippen molar-refractivity contribution in [3.8, 4) is 0 Å². The Balaban J connectivity index is -0.000000491. The molecule has 0 saturated carbocycles. The Morgan fingerprint density at radius 2 is 1.07 bits per heavy atom. The third kappa shape index (κ3) is 17.4. The summed E-state index contributed by atoms with van der Waals surface area (Å²) in [5, 5.41) is 0. The molecule has 0 atom stereocenters. The van der Waals surface area contributed by atoms with Gasteiger partial charge in [0.05, 0.1) is 0 Å². The van der Waals surface area contributed by atoms with Gasteiger partial charge >= 0.3 is 16.8 Å². The molecule has 0 aromatic rings. The molecule has 0 radical (unpaired) electrons. The normalized spacial score (nSPS) is 13.1. The molecule has 0 bridgehead atoms. The second kappa shape index (κ2) is 13.9. The van der Waals surface area contributed by atoms with E-state index in [9.17, 15) is 0 Å². The molecule has 0 rings (SSSR count). The topological polar surface area (TPSA) is 31.4 Å². The average Bonchev–Trinajstić information content (AvgIpc) is 2.47. The maximum atomic E-state index is 5.33. The third-order valence-corrected chi connectivity index (χ3v) is 11.1. The minimum Gasteiger partial charge on any atom is -0.660 e. The summed E-state index contributed by atoms with van der Waals surface area (Å²) in [6.07, 6.45) is 0. The molecule has 0 aromatic heterocycles. The van der Waals surface area contributed by atoms with E-state index >= 15 is 0 Å². The second-order valence-electron chi connectivity index (χ2n) is 10.1. The van der Waals surface area contributed by atoms with Crippen LogP contribution in [0.4, 0.5) is 0 Å². The molecule has 0 aromatic carbocycles. The molecule has 0 aliphatic heterocycles. The summed E-state index contributed by atoms with van der Waals surface area (Å²) in [5.74, 6) is 0. The predicted octanol–water partition coefficient (Wildman–Crippen LogP) is 7.48. The Kier molecular flexibility index (Phi) is 16.8. The van der Waals surface area contributed by atoms with Gasteiger partial charge in [0.15, 0.2) is 0 Å². The summed E-state index contributed by atoms with van der Waals surface area (Å²) in [7, 11) is -2.51. The molecule has 0 saturated heterocycles. The molecule has 27 heavy (non-hydrogen) atoms. The molecule has 0 aliphatic rings. The van der Waals surface area contributed by atoms with Gasteiger partial charge in [0, 0.05) is 0 Å². The molecule has 0 N–H and O–H groups in total. The number of hydrogen-bond acceptors (Lipinski definition) is 1. The van der Waals surface area contributed by atoms with Crippen LogP contribution in [0.3, 0.4) is 0 Å². The van der Waals surface area contributed by atoms with E-state index in [-0.39, 0.29) is 27.9 Å². The third-order valence-electron chi connectivity index (χ3n) is 4.69. The molecule has 0 fully saturated rings. The molecule has 0 heterocycles. The van der Waals surface area contributed by atoms with E-state index in [0.717, 1.165) is 19.6 Å². The van der Waals surface area contributed by atoms with Crippen molar-refractivity contribution >= 4 is 16.5 Å². The SMILES string of the molecule is CC(C)(C)[N-][Si](C)(C)C.CCN(CC)CC(C)(C)[N-][Si](CC)(CC)CC.[Co+3]. The average molecular weight is 461 g/mol. The zero-order valence-electron chi connectivity index (χ0n) is 20.9. The summed E-state index contributed by atoms with van der Waals surface area (Å²) in [4.78, 5) is 12.5. The maximum Gasteiger partial charge on any atom is 3.00 e. The fraction of sp³-hybridized carbons (Fsp3) is 1.00. The van der Waals surface area contributed by atoms with Gasteiger partial charge in [-0.1, -0.05) is 123 Å². The van der Waals surface area contributed by atoms with Crippen LogP contribution in [0.5, 0.6) is 0 Å². The fourth-order valence-electron chi connectivity index (χ4n) is 3.67. The predicted molar refractivity (Wildman–Crippen MR) is 129 cm³/mol. The van der Waals surface area contributed by atoms with E-state index in [1.54, 1.807) is 0 Å². The smallest absolute Gasteiger partial charge is 0.660 e. The van der Waals surface area contributed by atoms with Crippen molar-refractivity contribution in [2.24, 2.45) is 0 Å². The molecule has 0 unspecified atom stereocenters. The standard InChI is InChI=1S/C14H33N2Si.C7H18NSi.Co/c1-8-16(9-2)13-14(6,7)15-17(10-3,11-4)12-5;1-7(2,3)8-9(4,5)6;/h8-13H2,1-7H3;1-6H3;/q2*-1;+3. The van der Waals surface area contributed by atoms with Crippen LogP contribution in [0.25, 0.3) is 9.96 Å². The number of nitrogens with zero attached hydrogens (tertiary/aromatic N) is 3. The summed E-state index contributed by atoms with van der Waals surface area (Å²) in [6.45, 7) is 32.7. The zero-order chi connectivity index (χ0) is 21.2. The van der Waals surface area contributed by atoms with Crippen LogP contribution in [0, 0.1) is 0 Å². The fourth-order valence-corrected chi connectivity index (χ4v) is 9.01. The quantitative estimate of drug-likeness (QED) is 0.311. The Labute approximate surface area is 185 Å². The van der Waals surface area contributed by atoms with E-state index in [1.807, 2.05) is 0 Å². The van der Waals surface area contributed by atoms with E-state index in [0.29, 0.717) is 0 Å². The van der Waals surface area contributed by atoms with E-state index < -0.39 is 16.5 Å². The second-order valence-corrected chi connectivity index (χ2v) is 19.5. The Hall–Kier alpha value is 0.820. The summed E-state index contributed by atoms with van der Waals surface area (Å²) >= 11 is 0. The van der Waals surface area contributed by atoms with E-state index in [1.165, 1.54) is 18.1 Å². The van der Waals surface area contributed by atoms with Crippen LogP contribution in [0.2, 0.25) is 37.8 Å². The van der Waals surface area contributed by atoms with Crippen LogP contribution in [-0.4, -0.2) is 52.1 Å². The van der Waals surface area contributed by atoms with Crippen molar-refractivity contribution in [1.82, 2.24) is 4.90 Å². The molecule has 0 amide bonds. The van der Waals surface area contributed by atoms with Crippen LogP contribution in [0.1, 0.15) is 69.2 Å². The first-order valence-corrected chi connectivity index (χ1v) is 16.8. The van der Waals surface area contributed by atoms with Crippen LogP contribution < -0.4 is 0 Å².